The van der Waals surface area contributed by atoms with Gasteiger partial charge in [-0.15, -0.1) is 23.2 Å². The monoisotopic (exact) mass is 337 g/mol. The average molecular weight is 339 g/mol. The average Bonchev–Trinajstić information content (AvgIpc) is 2.31. The zero-order chi connectivity index (χ0) is 12.8. The summed E-state index contributed by atoms with van der Waals surface area (Å²) in [4.78, 5) is 14.0. The van der Waals surface area contributed by atoms with Crippen LogP contribution in [0.3, 0.4) is 0 Å². The largest absolute Gasteiger partial charge is 0.336 e. The molecule has 1 amide bonds. The lowest BCUT2D eigenvalue weighted by Crippen LogP contribution is -2.34. The van der Waals surface area contributed by atoms with Crippen molar-refractivity contribution < 1.29 is 4.79 Å². The predicted molar refractivity (Wildman–Crippen MR) is 76.2 cm³/mol. The Kier molecular flexibility index (Phi) is 6.31. The summed E-state index contributed by atoms with van der Waals surface area (Å²) >= 11 is 14.7. The number of rotatable bonds is 5. The van der Waals surface area contributed by atoms with Crippen molar-refractivity contribution in [2.45, 2.75) is 6.92 Å². The highest BCUT2D eigenvalue weighted by Gasteiger charge is 2.16. The topological polar surface area (TPSA) is 20.3 Å². The van der Waals surface area contributed by atoms with Gasteiger partial charge in [0.05, 0.1) is 0 Å². The van der Waals surface area contributed by atoms with E-state index in [9.17, 15) is 4.79 Å². The SMILES string of the molecule is Cc1ccc(Br)cc1C(=O)N(CCCl)CCCl. The molecule has 0 saturated carbocycles. The van der Waals surface area contributed by atoms with Crippen LogP contribution in [0.25, 0.3) is 0 Å². The molecule has 0 bridgehead atoms. The van der Waals surface area contributed by atoms with Crippen LogP contribution in [0.4, 0.5) is 0 Å². The van der Waals surface area contributed by atoms with Crippen LogP contribution in [0.2, 0.25) is 0 Å². The normalized spacial score (nSPS) is 10.4. The summed E-state index contributed by atoms with van der Waals surface area (Å²) in [5.74, 6) is 0.802. The Bertz CT molecular complexity index is 392. The molecule has 0 aliphatic carbocycles. The maximum atomic E-state index is 12.3. The summed E-state index contributed by atoms with van der Waals surface area (Å²) in [6, 6.07) is 5.66. The van der Waals surface area contributed by atoms with Crippen molar-refractivity contribution in [3.8, 4) is 0 Å². The van der Waals surface area contributed by atoms with Gasteiger partial charge in [0.25, 0.3) is 5.91 Å². The van der Waals surface area contributed by atoms with Crippen molar-refractivity contribution in [2.24, 2.45) is 0 Å². The Morgan fingerprint density at radius 2 is 1.88 bits per heavy atom. The summed E-state index contributed by atoms with van der Waals surface area (Å²) in [6.07, 6.45) is 0. The van der Waals surface area contributed by atoms with Crippen molar-refractivity contribution in [3.63, 3.8) is 0 Å². The van der Waals surface area contributed by atoms with Gasteiger partial charge in [-0.2, -0.15) is 0 Å². The summed E-state index contributed by atoms with van der Waals surface area (Å²) in [5.41, 5.74) is 1.64. The fraction of sp³-hybridized carbons (Fsp3) is 0.417. The van der Waals surface area contributed by atoms with E-state index >= 15 is 0 Å². The number of aryl methyl sites for hydroxylation is 1. The lowest BCUT2D eigenvalue weighted by atomic mass is 10.1. The van der Waals surface area contributed by atoms with Gasteiger partial charge in [0.2, 0.25) is 0 Å². The number of halogens is 3. The Morgan fingerprint density at radius 3 is 2.41 bits per heavy atom. The number of nitrogens with zero attached hydrogens (tertiary/aromatic N) is 1. The second-order valence-electron chi connectivity index (χ2n) is 3.63. The molecular weight excluding hydrogens is 325 g/mol. The Balaban J connectivity index is 2.95. The molecular formula is C12H14BrCl2NO. The number of amides is 1. The van der Waals surface area contributed by atoms with Crippen LogP contribution in [-0.2, 0) is 0 Å². The summed E-state index contributed by atoms with van der Waals surface area (Å²) in [6.45, 7) is 2.94. The standard InChI is InChI=1S/C12H14BrCl2NO/c1-9-2-3-10(13)8-11(9)12(17)16(6-4-14)7-5-15/h2-3,8H,4-7H2,1H3. The van der Waals surface area contributed by atoms with Crippen molar-refractivity contribution in [3.05, 3.63) is 33.8 Å². The molecule has 0 radical (unpaired) electrons. The van der Waals surface area contributed by atoms with Crippen molar-refractivity contribution >= 4 is 45.0 Å². The van der Waals surface area contributed by atoms with Gasteiger partial charge < -0.3 is 4.90 Å². The predicted octanol–water partition coefficient (Wildman–Crippen LogP) is 3.68. The van der Waals surface area contributed by atoms with Crippen LogP contribution in [0.15, 0.2) is 22.7 Å². The summed E-state index contributed by atoms with van der Waals surface area (Å²) in [7, 11) is 0. The molecule has 17 heavy (non-hydrogen) atoms. The molecule has 5 heteroatoms. The summed E-state index contributed by atoms with van der Waals surface area (Å²) < 4.78 is 0.892. The minimum absolute atomic E-state index is 0.0231. The van der Waals surface area contributed by atoms with Gasteiger partial charge in [0.15, 0.2) is 0 Å². The molecule has 0 unspecified atom stereocenters. The molecule has 0 aromatic heterocycles. The second kappa shape index (κ2) is 7.24. The lowest BCUT2D eigenvalue weighted by Gasteiger charge is -2.21. The van der Waals surface area contributed by atoms with Crippen molar-refractivity contribution in [1.29, 1.82) is 0 Å². The van der Waals surface area contributed by atoms with Crippen molar-refractivity contribution in [2.75, 3.05) is 24.8 Å². The van der Waals surface area contributed by atoms with E-state index in [-0.39, 0.29) is 5.91 Å². The van der Waals surface area contributed by atoms with Gasteiger partial charge in [-0.25, -0.2) is 0 Å². The Morgan fingerprint density at radius 1 is 1.29 bits per heavy atom. The van der Waals surface area contributed by atoms with Crippen LogP contribution < -0.4 is 0 Å². The van der Waals surface area contributed by atoms with Crippen LogP contribution in [0, 0.1) is 6.92 Å². The fourth-order valence-electron chi connectivity index (χ4n) is 1.51. The molecule has 0 spiro atoms. The van der Waals surface area contributed by atoms with E-state index in [1.54, 1.807) is 4.90 Å². The molecule has 0 aliphatic heterocycles. The van der Waals surface area contributed by atoms with E-state index in [0.717, 1.165) is 10.0 Å². The van der Waals surface area contributed by atoms with Gasteiger partial charge in [-0.05, 0) is 24.6 Å². The van der Waals surface area contributed by atoms with Gasteiger partial charge in [0, 0.05) is 34.9 Å². The molecule has 0 N–H and O–H groups in total. The Hall–Kier alpha value is -0.250. The van der Waals surface area contributed by atoms with E-state index in [1.165, 1.54) is 0 Å². The van der Waals surface area contributed by atoms with E-state index in [0.29, 0.717) is 30.4 Å². The number of carbonyl (C=O) groups excluding carboxylic acids is 1. The molecule has 0 atom stereocenters. The number of hydrogen-bond donors (Lipinski definition) is 0. The van der Waals surface area contributed by atoms with Gasteiger partial charge in [-0.1, -0.05) is 22.0 Å². The minimum atomic E-state index is -0.0231. The van der Waals surface area contributed by atoms with Crippen LogP contribution >= 0.6 is 39.1 Å². The van der Waals surface area contributed by atoms with Crippen LogP contribution in [0.1, 0.15) is 15.9 Å². The summed E-state index contributed by atoms with van der Waals surface area (Å²) in [5, 5.41) is 0. The van der Waals surface area contributed by atoms with Crippen LogP contribution in [-0.4, -0.2) is 35.7 Å². The maximum absolute atomic E-state index is 12.3. The molecule has 0 aliphatic rings. The maximum Gasteiger partial charge on any atom is 0.254 e. The highest BCUT2D eigenvalue weighted by atomic mass is 79.9. The minimum Gasteiger partial charge on any atom is -0.336 e. The number of hydrogen-bond acceptors (Lipinski definition) is 1. The molecule has 0 saturated heterocycles. The molecule has 1 rings (SSSR count). The van der Waals surface area contributed by atoms with Gasteiger partial charge >= 0.3 is 0 Å². The second-order valence-corrected chi connectivity index (χ2v) is 5.30. The first kappa shape index (κ1) is 14.8. The first-order valence-electron chi connectivity index (χ1n) is 5.27. The van der Waals surface area contributed by atoms with Crippen LogP contribution in [0.5, 0.6) is 0 Å². The lowest BCUT2D eigenvalue weighted by molar-refractivity contribution is 0.0774. The molecule has 94 valence electrons. The molecule has 2 nitrogen and oxygen atoms in total. The first-order chi connectivity index (χ1) is 8.10. The van der Waals surface area contributed by atoms with E-state index in [2.05, 4.69) is 15.9 Å². The number of carbonyl (C=O) groups is 1. The molecule has 1 aromatic carbocycles. The fourth-order valence-corrected chi connectivity index (χ4v) is 2.28. The quantitative estimate of drug-likeness (QED) is 0.750. The van der Waals surface area contributed by atoms with E-state index < -0.39 is 0 Å². The van der Waals surface area contributed by atoms with E-state index in [4.69, 9.17) is 23.2 Å². The molecule has 0 fully saturated rings. The number of alkyl halides is 2. The Labute approximate surface area is 120 Å². The number of benzene rings is 1. The van der Waals surface area contributed by atoms with Gasteiger partial charge in [-0.3, -0.25) is 4.79 Å². The highest BCUT2D eigenvalue weighted by Crippen LogP contribution is 2.18. The van der Waals surface area contributed by atoms with Crippen molar-refractivity contribution in [1.82, 2.24) is 4.90 Å². The molecule has 1 aromatic rings. The molecule has 0 heterocycles. The van der Waals surface area contributed by atoms with E-state index in [1.807, 2.05) is 25.1 Å². The zero-order valence-electron chi connectivity index (χ0n) is 9.55. The highest BCUT2D eigenvalue weighted by molar-refractivity contribution is 9.10. The smallest absolute Gasteiger partial charge is 0.254 e. The third kappa shape index (κ3) is 4.16. The third-order valence-corrected chi connectivity index (χ3v) is 3.26. The third-order valence-electron chi connectivity index (χ3n) is 2.43. The zero-order valence-corrected chi connectivity index (χ0v) is 12.6. The first-order valence-corrected chi connectivity index (χ1v) is 7.13. The van der Waals surface area contributed by atoms with Gasteiger partial charge in [0.1, 0.15) is 0 Å².